The molecule has 0 amide bonds. The lowest BCUT2D eigenvalue weighted by atomic mass is 10.2. The first-order chi connectivity index (χ1) is 9.19. The molecule has 0 fully saturated rings. The van der Waals surface area contributed by atoms with Crippen LogP contribution in [0.25, 0.3) is 0 Å². The van der Waals surface area contributed by atoms with Crippen molar-refractivity contribution in [2.24, 2.45) is 0 Å². The third-order valence-electron chi connectivity index (χ3n) is 1.83. The van der Waals surface area contributed by atoms with Crippen molar-refractivity contribution in [1.29, 1.82) is 10.5 Å². The van der Waals surface area contributed by atoms with Crippen molar-refractivity contribution in [3.8, 4) is 12.1 Å². The highest BCUT2D eigenvalue weighted by Crippen LogP contribution is 2.09. The first-order valence-electron chi connectivity index (χ1n) is 5.42. The highest BCUT2D eigenvalue weighted by atomic mass is 32.2. The maximum atomic E-state index is 9.75. The van der Waals surface area contributed by atoms with Crippen LogP contribution in [-0.2, 0) is 10.9 Å². The Balaban J connectivity index is 0. The van der Waals surface area contributed by atoms with E-state index < -0.39 is 7.25 Å². The van der Waals surface area contributed by atoms with Crippen LogP contribution in [0.1, 0.15) is 6.92 Å². The lowest BCUT2D eigenvalue weighted by Crippen LogP contribution is -2.21. The Morgan fingerprint density at radius 1 is 1.05 bits per heavy atom. The van der Waals surface area contributed by atoms with Gasteiger partial charge in [-0.1, -0.05) is 0 Å². The first-order valence-corrected chi connectivity index (χ1v) is 7.15. The fourth-order valence-corrected chi connectivity index (χ4v) is 2.86. The van der Waals surface area contributed by atoms with Crippen LogP contribution in [0.3, 0.4) is 0 Å². The molecule has 0 aromatic heterocycles. The minimum absolute atomic E-state index is 0.0742. The molecule has 0 aliphatic carbocycles. The van der Waals surface area contributed by atoms with Crippen LogP contribution in [0.2, 0.25) is 0 Å². The summed E-state index contributed by atoms with van der Waals surface area (Å²) in [6, 6.07) is 3.68. The fraction of sp³-hybridized carbons (Fsp3) is 0.600. The summed E-state index contributed by atoms with van der Waals surface area (Å²) in [6.07, 6.45) is 0. The molecule has 0 aliphatic heterocycles. The average molecular weight is 314 g/mol. The molecule has 20 heavy (non-hydrogen) atoms. The smallest absolute Gasteiger partial charge is 0.418 e. The van der Waals surface area contributed by atoms with Gasteiger partial charge in [-0.2, -0.15) is 10.5 Å². The number of halogens is 4. The van der Waals surface area contributed by atoms with Crippen molar-refractivity contribution >= 4 is 18.1 Å². The predicted molar refractivity (Wildman–Crippen MR) is 70.2 cm³/mol. The molecule has 0 unspecified atom stereocenters. The van der Waals surface area contributed by atoms with E-state index in [1.807, 2.05) is 12.1 Å². The Morgan fingerprint density at radius 2 is 1.40 bits per heavy atom. The van der Waals surface area contributed by atoms with Crippen molar-refractivity contribution < 1.29 is 27.5 Å². The number of nitriles is 2. The third kappa shape index (κ3) is 14.8. The van der Waals surface area contributed by atoms with Crippen LogP contribution in [0.15, 0.2) is 11.1 Å². The van der Waals surface area contributed by atoms with Gasteiger partial charge in [0.2, 0.25) is 0 Å². The Labute approximate surface area is 117 Å². The number of aliphatic hydroxyl groups excluding tert-OH is 2. The molecule has 0 saturated carbocycles. The van der Waals surface area contributed by atoms with E-state index in [4.69, 9.17) is 20.7 Å². The van der Waals surface area contributed by atoms with Crippen LogP contribution in [-0.4, -0.2) is 47.9 Å². The number of aliphatic hydroxyl groups is 2. The summed E-state index contributed by atoms with van der Waals surface area (Å²) in [7, 11) is -6.14. The van der Waals surface area contributed by atoms with Gasteiger partial charge in [-0.05, 0) is 17.8 Å². The molecule has 0 aromatic carbocycles. The molecule has 0 rings (SSSR count). The van der Waals surface area contributed by atoms with Gasteiger partial charge < -0.3 is 27.5 Å². The Hall–Kier alpha value is -1.23. The number of hydrogen-bond acceptors (Lipinski definition) is 4. The Bertz CT molecular complexity index is 362. The zero-order valence-electron chi connectivity index (χ0n) is 10.8. The zero-order valence-corrected chi connectivity index (χ0v) is 11.6. The Kier molecular flexibility index (Phi) is 12.2. The second kappa shape index (κ2) is 11.6. The van der Waals surface area contributed by atoms with E-state index in [1.54, 1.807) is 6.92 Å². The lowest BCUT2D eigenvalue weighted by Gasteiger charge is -2.06. The van der Waals surface area contributed by atoms with E-state index in [0.717, 1.165) is 5.57 Å². The van der Waals surface area contributed by atoms with Gasteiger partial charge in [-0.3, -0.25) is 0 Å². The third-order valence-corrected chi connectivity index (χ3v) is 4.19. The van der Waals surface area contributed by atoms with Crippen molar-refractivity contribution in [2.45, 2.75) is 6.92 Å². The van der Waals surface area contributed by atoms with Crippen molar-refractivity contribution in [2.75, 3.05) is 30.5 Å². The van der Waals surface area contributed by atoms with Gasteiger partial charge in [0, 0.05) is 5.57 Å². The highest BCUT2D eigenvalue weighted by Gasteiger charge is 2.20. The quantitative estimate of drug-likeness (QED) is 0.334. The summed E-state index contributed by atoms with van der Waals surface area (Å²) < 4.78 is 39.0. The molecular weight excluding hydrogens is 299 g/mol. The summed E-state index contributed by atoms with van der Waals surface area (Å²) in [5.74, 6) is 1.83. The molecule has 2 N–H and O–H groups in total. The van der Waals surface area contributed by atoms with Gasteiger partial charge in [-0.25, -0.2) is 0 Å². The Morgan fingerprint density at radius 3 is 1.65 bits per heavy atom. The molecule has 0 radical (unpaired) electrons. The monoisotopic (exact) mass is 314 g/mol. The number of nitrogens with zero attached hydrogens (tertiary/aromatic N) is 2. The topological polar surface area (TPSA) is 88.0 Å². The lowest BCUT2D eigenvalue weighted by molar-refractivity contribution is 0.316. The molecule has 4 nitrogen and oxygen atoms in total. The zero-order chi connectivity index (χ0) is 16.2. The molecule has 10 heteroatoms. The molecule has 0 atom stereocenters. The average Bonchev–Trinajstić information content (AvgIpc) is 2.29. The van der Waals surface area contributed by atoms with E-state index in [1.165, 1.54) is 0 Å². The van der Waals surface area contributed by atoms with E-state index in [-0.39, 0.29) is 29.7 Å². The van der Waals surface area contributed by atoms with E-state index in [9.17, 15) is 17.3 Å². The van der Waals surface area contributed by atoms with Gasteiger partial charge in [0.15, 0.2) is 0 Å². The molecule has 0 spiro atoms. The molecule has 0 aliphatic rings. The van der Waals surface area contributed by atoms with Crippen LogP contribution >= 0.6 is 0 Å². The minimum Gasteiger partial charge on any atom is -0.418 e. The maximum Gasteiger partial charge on any atom is 0.673 e. The van der Waals surface area contributed by atoms with Crippen LogP contribution < -0.4 is 0 Å². The second-order valence-electron chi connectivity index (χ2n) is 3.49. The molecule has 114 valence electrons. The highest BCUT2D eigenvalue weighted by molar-refractivity contribution is 7.97. The molecular formula is C10H15BF4N2O2S. The van der Waals surface area contributed by atoms with Crippen molar-refractivity contribution in [1.82, 2.24) is 0 Å². The summed E-state index contributed by atoms with van der Waals surface area (Å²) in [5, 5.41) is 34.9. The fourth-order valence-electron chi connectivity index (χ4n) is 1.10. The van der Waals surface area contributed by atoms with Crippen molar-refractivity contribution in [3.05, 3.63) is 11.1 Å². The van der Waals surface area contributed by atoms with E-state index in [2.05, 4.69) is 0 Å². The van der Waals surface area contributed by atoms with Crippen molar-refractivity contribution in [3.63, 3.8) is 0 Å². The number of allylic oxidation sites excluding steroid dienone is 1. The maximum absolute atomic E-state index is 9.75. The minimum atomic E-state index is -6.00. The van der Waals surface area contributed by atoms with Crippen LogP contribution in [0.5, 0.6) is 0 Å². The van der Waals surface area contributed by atoms with Crippen LogP contribution in [0, 0.1) is 22.7 Å². The van der Waals surface area contributed by atoms with Gasteiger partial charge in [0.25, 0.3) is 0 Å². The SMILES string of the molecule is CC(C[S+](CCO)CCO)=C(C#N)C#N.F[B-](F)(F)F. The van der Waals surface area contributed by atoms with Gasteiger partial charge in [0.1, 0.15) is 35.0 Å². The van der Waals surface area contributed by atoms with Gasteiger partial charge in [-0.15, -0.1) is 0 Å². The summed E-state index contributed by atoms with van der Waals surface area (Å²) >= 11 is 0. The molecule has 0 saturated heterocycles. The number of hydrogen-bond donors (Lipinski definition) is 2. The van der Waals surface area contributed by atoms with Gasteiger partial charge >= 0.3 is 7.25 Å². The predicted octanol–water partition coefficient (Wildman–Crippen LogP) is 1.25. The number of rotatable bonds is 6. The largest absolute Gasteiger partial charge is 0.673 e. The second-order valence-corrected chi connectivity index (χ2v) is 5.82. The molecule has 0 aromatic rings. The standard InChI is InChI=1S/C10H15N2O2S.BF4/c1-9(10(6-11)7-12)8-15(4-2-13)5-3-14;2-1(3,4)5/h13-14H,2-5,8H2,1H3;/q+1;-1. The van der Waals surface area contributed by atoms with Crippen LogP contribution in [0.4, 0.5) is 17.3 Å². The molecule has 0 bridgehead atoms. The normalized spacial score (nSPS) is 10.1. The molecule has 0 heterocycles. The first kappa shape index (κ1) is 21.1. The van der Waals surface area contributed by atoms with Gasteiger partial charge in [0.05, 0.1) is 13.2 Å². The summed E-state index contributed by atoms with van der Waals surface area (Å²) in [4.78, 5) is 0. The van der Waals surface area contributed by atoms with E-state index >= 15 is 0 Å². The summed E-state index contributed by atoms with van der Waals surface area (Å²) in [5.41, 5.74) is 0.883. The van der Waals surface area contributed by atoms with E-state index in [0.29, 0.717) is 17.3 Å². The summed E-state index contributed by atoms with van der Waals surface area (Å²) in [6.45, 7) is 1.90.